The van der Waals surface area contributed by atoms with Crippen LogP contribution in [0.15, 0.2) is 17.1 Å². The Morgan fingerprint density at radius 3 is 3.12 bits per heavy atom. The number of aromatic amines is 1. The maximum Gasteiger partial charge on any atom is 0.259 e. The van der Waals surface area contributed by atoms with Crippen molar-refractivity contribution in [3.8, 4) is 0 Å². The van der Waals surface area contributed by atoms with Crippen LogP contribution in [-0.4, -0.2) is 27.5 Å². The monoisotopic (exact) mass is 233 g/mol. The first kappa shape index (κ1) is 10.5. The van der Waals surface area contributed by atoms with Gasteiger partial charge in [-0.05, 0) is 26.3 Å². The summed E-state index contributed by atoms with van der Waals surface area (Å²) in [4.78, 5) is 14.5. The molecule has 1 aliphatic heterocycles. The summed E-state index contributed by atoms with van der Waals surface area (Å²) >= 11 is 0. The Bertz CT molecular complexity index is 614. The first-order valence-corrected chi connectivity index (χ1v) is 5.86. The van der Waals surface area contributed by atoms with E-state index in [-0.39, 0.29) is 17.7 Å². The zero-order chi connectivity index (χ0) is 12.0. The molecule has 1 saturated heterocycles. The number of hydrogen-bond donors (Lipinski definition) is 1. The van der Waals surface area contributed by atoms with Crippen LogP contribution >= 0.6 is 0 Å². The molecule has 0 amide bonds. The lowest BCUT2D eigenvalue weighted by Crippen LogP contribution is -2.18. The van der Waals surface area contributed by atoms with Crippen LogP contribution in [0.3, 0.4) is 0 Å². The van der Waals surface area contributed by atoms with E-state index in [4.69, 9.17) is 4.74 Å². The number of nitrogens with one attached hydrogen (secondary N) is 1. The van der Waals surface area contributed by atoms with Crippen molar-refractivity contribution in [3.05, 3.63) is 28.3 Å². The van der Waals surface area contributed by atoms with Crippen LogP contribution in [0, 0.1) is 6.92 Å². The summed E-state index contributed by atoms with van der Waals surface area (Å²) in [7, 11) is 0. The first-order chi connectivity index (χ1) is 8.18. The van der Waals surface area contributed by atoms with Gasteiger partial charge in [-0.1, -0.05) is 0 Å². The second-order valence-corrected chi connectivity index (χ2v) is 4.53. The molecule has 17 heavy (non-hydrogen) atoms. The minimum absolute atomic E-state index is 0.0715. The van der Waals surface area contributed by atoms with Crippen molar-refractivity contribution < 1.29 is 4.74 Å². The maximum absolute atomic E-state index is 11.8. The molecule has 2 aromatic heterocycles. The van der Waals surface area contributed by atoms with E-state index in [0.29, 0.717) is 5.39 Å². The third kappa shape index (κ3) is 1.50. The van der Waals surface area contributed by atoms with Crippen LogP contribution in [-0.2, 0) is 4.74 Å². The molecule has 0 aromatic carbocycles. The Labute approximate surface area is 98.4 Å². The summed E-state index contributed by atoms with van der Waals surface area (Å²) in [5.74, 6) is 0. The molecule has 5 nitrogen and oxygen atoms in total. The van der Waals surface area contributed by atoms with Crippen molar-refractivity contribution in [2.75, 3.05) is 6.61 Å². The van der Waals surface area contributed by atoms with E-state index in [1.165, 1.54) is 0 Å². The molecule has 5 heteroatoms. The zero-order valence-corrected chi connectivity index (χ0v) is 9.93. The lowest BCUT2D eigenvalue weighted by Gasteiger charge is -2.15. The molecule has 1 N–H and O–H groups in total. The van der Waals surface area contributed by atoms with Crippen LogP contribution in [0.25, 0.3) is 10.9 Å². The number of aryl methyl sites for hydroxylation is 1. The van der Waals surface area contributed by atoms with Crippen molar-refractivity contribution in [3.63, 3.8) is 0 Å². The van der Waals surface area contributed by atoms with Gasteiger partial charge in [0.25, 0.3) is 5.56 Å². The van der Waals surface area contributed by atoms with Gasteiger partial charge in [0.15, 0.2) is 0 Å². The molecule has 3 heterocycles. The summed E-state index contributed by atoms with van der Waals surface area (Å²) in [5.41, 5.74) is 1.60. The van der Waals surface area contributed by atoms with Gasteiger partial charge in [0, 0.05) is 12.8 Å². The standard InChI is InChI=1S/C12H15N3O2/c1-7-11-10(3-5-13-12(11)16)15(14-7)9-4-6-17-8(9)2/h3,5,8-9H,4,6H2,1-2H3,(H,13,16)/t8-,9-/m1/s1. The summed E-state index contributed by atoms with van der Waals surface area (Å²) in [6.07, 6.45) is 2.77. The van der Waals surface area contributed by atoms with Gasteiger partial charge in [0.1, 0.15) is 0 Å². The topological polar surface area (TPSA) is 59.9 Å². The number of rotatable bonds is 1. The highest BCUT2D eigenvalue weighted by atomic mass is 16.5. The second kappa shape index (κ2) is 3.70. The smallest absolute Gasteiger partial charge is 0.259 e. The van der Waals surface area contributed by atoms with E-state index in [2.05, 4.69) is 10.1 Å². The molecule has 90 valence electrons. The Balaban J connectivity index is 2.24. The average molecular weight is 233 g/mol. The third-order valence-electron chi connectivity index (χ3n) is 3.46. The average Bonchev–Trinajstić information content (AvgIpc) is 2.84. The van der Waals surface area contributed by atoms with Crippen molar-refractivity contribution in [1.82, 2.24) is 14.8 Å². The summed E-state index contributed by atoms with van der Waals surface area (Å²) < 4.78 is 7.50. The van der Waals surface area contributed by atoms with Gasteiger partial charge >= 0.3 is 0 Å². The molecule has 1 fully saturated rings. The van der Waals surface area contributed by atoms with Gasteiger partial charge in [-0.15, -0.1) is 0 Å². The van der Waals surface area contributed by atoms with Crippen LogP contribution in [0.5, 0.6) is 0 Å². The Morgan fingerprint density at radius 1 is 1.59 bits per heavy atom. The molecule has 2 atom stereocenters. The molecular formula is C12H15N3O2. The molecule has 0 spiro atoms. The fourth-order valence-corrected chi connectivity index (χ4v) is 2.57. The van der Waals surface area contributed by atoms with Gasteiger partial charge in [0.05, 0.1) is 28.7 Å². The fourth-order valence-electron chi connectivity index (χ4n) is 2.57. The third-order valence-corrected chi connectivity index (χ3v) is 3.46. The molecule has 0 unspecified atom stereocenters. The minimum Gasteiger partial charge on any atom is -0.376 e. The number of H-pyrrole nitrogens is 1. The van der Waals surface area contributed by atoms with Crippen LogP contribution in [0.4, 0.5) is 0 Å². The van der Waals surface area contributed by atoms with Crippen molar-refractivity contribution in [2.24, 2.45) is 0 Å². The predicted octanol–water partition coefficient (Wildman–Crippen LogP) is 1.38. The first-order valence-electron chi connectivity index (χ1n) is 5.86. The number of hydrogen-bond acceptors (Lipinski definition) is 3. The molecule has 0 aliphatic carbocycles. The van der Waals surface area contributed by atoms with Gasteiger partial charge in [-0.3, -0.25) is 9.48 Å². The van der Waals surface area contributed by atoms with Crippen LogP contribution < -0.4 is 5.56 Å². The molecule has 2 aromatic rings. The quantitative estimate of drug-likeness (QED) is 0.809. The molecule has 3 rings (SSSR count). The highest BCUT2D eigenvalue weighted by Crippen LogP contribution is 2.28. The normalized spacial score (nSPS) is 24.6. The Morgan fingerprint density at radius 2 is 2.41 bits per heavy atom. The van der Waals surface area contributed by atoms with Crippen LogP contribution in [0.1, 0.15) is 25.1 Å². The van der Waals surface area contributed by atoms with E-state index in [1.807, 2.05) is 24.6 Å². The zero-order valence-electron chi connectivity index (χ0n) is 9.93. The fraction of sp³-hybridized carbons (Fsp3) is 0.500. The Hall–Kier alpha value is -1.62. The van der Waals surface area contributed by atoms with Gasteiger partial charge in [0.2, 0.25) is 0 Å². The minimum atomic E-state index is -0.0715. The SMILES string of the molecule is Cc1nn([C@@H]2CCO[C@@H]2C)c2cc[nH]c(=O)c12. The lowest BCUT2D eigenvalue weighted by atomic mass is 10.1. The van der Waals surface area contributed by atoms with E-state index in [0.717, 1.165) is 24.2 Å². The summed E-state index contributed by atoms with van der Waals surface area (Å²) in [6, 6.07) is 2.13. The lowest BCUT2D eigenvalue weighted by molar-refractivity contribution is 0.106. The largest absolute Gasteiger partial charge is 0.376 e. The van der Waals surface area contributed by atoms with E-state index >= 15 is 0 Å². The van der Waals surface area contributed by atoms with Gasteiger partial charge in [-0.25, -0.2) is 0 Å². The molecule has 1 aliphatic rings. The molecule has 0 radical (unpaired) electrons. The number of fused-ring (bicyclic) bond motifs is 1. The summed E-state index contributed by atoms with van der Waals surface area (Å²) in [6.45, 7) is 4.68. The van der Waals surface area contributed by atoms with Crippen LogP contribution in [0.2, 0.25) is 0 Å². The summed E-state index contributed by atoms with van der Waals surface area (Å²) in [5, 5.41) is 5.19. The second-order valence-electron chi connectivity index (χ2n) is 4.53. The highest BCUT2D eigenvalue weighted by Gasteiger charge is 2.28. The number of ether oxygens (including phenoxy) is 1. The van der Waals surface area contributed by atoms with Crippen molar-refractivity contribution >= 4 is 10.9 Å². The maximum atomic E-state index is 11.8. The van der Waals surface area contributed by atoms with Crippen molar-refractivity contribution in [1.29, 1.82) is 0 Å². The van der Waals surface area contributed by atoms with E-state index in [9.17, 15) is 4.79 Å². The molecule has 0 saturated carbocycles. The number of aromatic nitrogens is 3. The highest BCUT2D eigenvalue weighted by molar-refractivity contribution is 5.80. The molecular weight excluding hydrogens is 218 g/mol. The van der Waals surface area contributed by atoms with Gasteiger partial charge < -0.3 is 9.72 Å². The van der Waals surface area contributed by atoms with E-state index in [1.54, 1.807) is 6.20 Å². The predicted molar refractivity (Wildman–Crippen MR) is 64.2 cm³/mol. The van der Waals surface area contributed by atoms with Crippen molar-refractivity contribution in [2.45, 2.75) is 32.4 Å². The molecule has 0 bridgehead atoms. The van der Waals surface area contributed by atoms with E-state index < -0.39 is 0 Å². The Kier molecular flexibility index (Phi) is 2.29. The number of pyridine rings is 1. The number of nitrogens with zero attached hydrogens (tertiary/aromatic N) is 2. The van der Waals surface area contributed by atoms with Gasteiger partial charge in [-0.2, -0.15) is 5.10 Å².